The Morgan fingerprint density at radius 3 is 2.44 bits per heavy atom. The number of amides is 3. The van der Waals surface area contributed by atoms with E-state index in [1.165, 1.54) is 30.0 Å². The summed E-state index contributed by atoms with van der Waals surface area (Å²) in [7, 11) is 0. The lowest BCUT2D eigenvalue weighted by atomic mass is 9.68. The summed E-state index contributed by atoms with van der Waals surface area (Å²) in [5.41, 5.74) is 1.14. The van der Waals surface area contributed by atoms with E-state index in [0.29, 0.717) is 17.9 Å². The normalized spacial score (nSPS) is 27.1. The van der Waals surface area contributed by atoms with Gasteiger partial charge in [0.25, 0.3) is 5.91 Å². The number of thiazole rings is 1. The molecular weight excluding hydrogens is 664 g/mol. The van der Waals surface area contributed by atoms with E-state index in [1.54, 1.807) is 18.2 Å². The molecule has 2 aliphatic heterocycles. The molecule has 2 saturated carbocycles. The van der Waals surface area contributed by atoms with Gasteiger partial charge in [0, 0.05) is 21.7 Å². The zero-order valence-electron chi connectivity index (χ0n) is 25.3. The molecule has 13 heteroatoms. The van der Waals surface area contributed by atoms with Gasteiger partial charge in [-0.25, -0.2) is 4.90 Å². The second-order valence-electron chi connectivity index (χ2n) is 12.8. The number of aromatic amines is 1. The molecular formula is C35H28F3N3O5S2. The first kappa shape index (κ1) is 30.9. The third-order valence-corrected chi connectivity index (χ3v) is 12.7. The number of nitrogens with one attached hydrogen (secondary N) is 2. The summed E-state index contributed by atoms with van der Waals surface area (Å²) in [6.07, 6.45) is -4.12. The van der Waals surface area contributed by atoms with Gasteiger partial charge in [0.15, 0.2) is 6.61 Å². The second-order valence-corrected chi connectivity index (χ2v) is 15.0. The number of rotatable bonds is 6. The molecule has 8 rings (SSSR count). The van der Waals surface area contributed by atoms with Crippen molar-refractivity contribution in [1.82, 2.24) is 4.98 Å². The van der Waals surface area contributed by atoms with Crippen LogP contribution in [0.15, 0.2) is 82.6 Å². The van der Waals surface area contributed by atoms with E-state index in [4.69, 9.17) is 4.74 Å². The number of H-pyrrole nitrogens is 1. The fraction of sp³-hybridized carbons (Fsp3) is 0.314. The number of aryl methyl sites for hydroxylation is 1. The van der Waals surface area contributed by atoms with Crippen LogP contribution in [0.1, 0.15) is 33.9 Å². The Morgan fingerprint density at radius 2 is 1.71 bits per heavy atom. The van der Waals surface area contributed by atoms with Crippen molar-refractivity contribution in [1.29, 1.82) is 0 Å². The van der Waals surface area contributed by atoms with E-state index < -0.39 is 41.1 Å². The Hall–Kier alpha value is -4.36. The van der Waals surface area contributed by atoms with Crippen LogP contribution in [0.3, 0.4) is 0 Å². The number of para-hydroxylation sites is 1. The molecule has 7 atom stereocenters. The average Bonchev–Trinajstić information content (AvgIpc) is 3.78. The van der Waals surface area contributed by atoms with Crippen LogP contribution in [-0.2, 0) is 20.6 Å². The molecule has 2 N–H and O–H groups in total. The molecule has 3 amide bonds. The molecule has 0 radical (unpaired) electrons. The van der Waals surface area contributed by atoms with Gasteiger partial charge in [0.2, 0.25) is 11.8 Å². The van der Waals surface area contributed by atoms with Crippen LogP contribution in [0.25, 0.3) is 0 Å². The maximum Gasteiger partial charge on any atom is 0.418 e. The highest BCUT2D eigenvalue weighted by Crippen LogP contribution is 2.68. The van der Waals surface area contributed by atoms with Crippen LogP contribution in [0, 0.1) is 36.5 Å². The minimum Gasteiger partial charge on any atom is -0.484 e. The van der Waals surface area contributed by atoms with Gasteiger partial charge in [0.05, 0.1) is 28.1 Å². The zero-order valence-corrected chi connectivity index (χ0v) is 27.0. The molecule has 4 aromatic rings. The minimum absolute atomic E-state index is 0.116. The Morgan fingerprint density at radius 1 is 0.979 bits per heavy atom. The zero-order chi connectivity index (χ0) is 33.5. The number of hydrogen-bond donors (Lipinski definition) is 2. The second kappa shape index (κ2) is 11.4. The molecule has 48 heavy (non-hydrogen) atoms. The molecule has 3 aromatic carbocycles. The van der Waals surface area contributed by atoms with Crippen molar-refractivity contribution in [2.45, 2.75) is 35.7 Å². The summed E-state index contributed by atoms with van der Waals surface area (Å²) < 4.78 is 47.6. The number of alkyl halides is 3. The molecule has 6 unspecified atom stereocenters. The summed E-state index contributed by atoms with van der Waals surface area (Å²) >= 11 is 2.62. The van der Waals surface area contributed by atoms with Crippen LogP contribution >= 0.6 is 23.1 Å². The largest absolute Gasteiger partial charge is 0.484 e. The lowest BCUT2D eigenvalue weighted by Crippen LogP contribution is -2.42. The topological polar surface area (TPSA) is 109 Å². The molecule has 1 aromatic heterocycles. The van der Waals surface area contributed by atoms with Crippen LogP contribution in [0.5, 0.6) is 5.75 Å². The molecule has 3 fully saturated rings. The summed E-state index contributed by atoms with van der Waals surface area (Å²) in [5.74, 6) is -3.34. The number of nitrogens with zero attached hydrogens (tertiary/aromatic N) is 1. The van der Waals surface area contributed by atoms with Crippen LogP contribution < -0.4 is 19.8 Å². The van der Waals surface area contributed by atoms with Crippen molar-refractivity contribution < 1.29 is 32.3 Å². The van der Waals surface area contributed by atoms with E-state index in [0.717, 1.165) is 43.3 Å². The van der Waals surface area contributed by atoms with Gasteiger partial charge in [-0.05, 0) is 78.6 Å². The predicted molar refractivity (Wildman–Crippen MR) is 174 cm³/mol. The van der Waals surface area contributed by atoms with E-state index >= 15 is 0 Å². The van der Waals surface area contributed by atoms with E-state index in [1.807, 2.05) is 37.3 Å². The lowest BCUT2D eigenvalue weighted by Gasteiger charge is -2.43. The fourth-order valence-corrected chi connectivity index (χ4v) is 11.3. The molecule has 0 spiro atoms. The van der Waals surface area contributed by atoms with Gasteiger partial charge in [0.1, 0.15) is 5.75 Å². The van der Waals surface area contributed by atoms with Gasteiger partial charge in [-0.3, -0.25) is 19.2 Å². The third kappa shape index (κ3) is 4.97. The summed E-state index contributed by atoms with van der Waals surface area (Å²) in [4.78, 5) is 57.2. The van der Waals surface area contributed by atoms with Gasteiger partial charge in [-0.1, -0.05) is 47.7 Å². The summed E-state index contributed by atoms with van der Waals surface area (Å²) in [6.45, 7) is 1.74. The standard InChI is InChI=1S/C35H28F3N3O5S2/c1-16-5-4-6-18(13-16)39-24(42)15-46-19-11-9-17(10-12-19)25-26-20-14-21(29(26)47-31-30(25)48-34(45)40-31)28-27(20)32(43)41(33(28)44)23-8-3-2-7-22(23)35(36,37)38/h2-13,20-21,25-29H,14-15H2,1H3,(H,39,42)(H,40,45)/t20?,21?,25-,26?,27?,28?,29?/m1/s1. The van der Waals surface area contributed by atoms with Crippen molar-refractivity contribution in [3.8, 4) is 5.75 Å². The van der Waals surface area contributed by atoms with Crippen molar-refractivity contribution in [3.63, 3.8) is 0 Å². The third-order valence-electron chi connectivity index (χ3n) is 10.1. The maximum absolute atomic E-state index is 14.0. The monoisotopic (exact) mass is 691 g/mol. The molecule has 4 aliphatic rings. The molecule has 1 saturated heterocycles. The van der Waals surface area contributed by atoms with Gasteiger partial charge >= 0.3 is 11.0 Å². The van der Waals surface area contributed by atoms with E-state index in [9.17, 15) is 32.3 Å². The van der Waals surface area contributed by atoms with E-state index in [-0.39, 0.29) is 46.3 Å². The number of ether oxygens (including phenoxy) is 1. The first-order chi connectivity index (χ1) is 23.0. The van der Waals surface area contributed by atoms with E-state index in [2.05, 4.69) is 10.3 Å². The van der Waals surface area contributed by atoms with Crippen LogP contribution in [-0.4, -0.2) is 34.6 Å². The number of imide groups is 1. The molecule has 8 nitrogen and oxygen atoms in total. The highest BCUT2D eigenvalue weighted by Gasteiger charge is 2.70. The molecule has 246 valence electrons. The van der Waals surface area contributed by atoms with Crippen molar-refractivity contribution in [2.75, 3.05) is 16.8 Å². The average molecular weight is 692 g/mol. The first-order valence-corrected chi connectivity index (χ1v) is 17.2. The van der Waals surface area contributed by atoms with Crippen LogP contribution in [0.4, 0.5) is 24.5 Å². The van der Waals surface area contributed by atoms with Crippen LogP contribution in [0.2, 0.25) is 0 Å². The summed E-state index contributed by atoms with van der Waals surface area (Å²) in [5, 5.41) is 3.42. The van der Waals surface area contributed by atoms with Gasteiger partial charge in [-0.15, -0.1) is 11.8 Å². The highest BCUT2D eigenvalue weighted by atomic mass is 32.2. The predicted octanol–water partition coefficient (Wildman–Crippen LogP) is 6.46. The number of hydrogen-bond acceptors (Lipinski definition) is 7. The Balaban J connectivity index is 1.07. The maximum atomic E-state index is 14.0. The van der Waals surface area contributed by atoms with Crippen molar-refractivity contribution in [3.05, 3.63) is 104 Å². The van der Waals surface area contributed by atoms with Gasteiger partial charge in [-0.2, -0.15) is 13.2 Å². The Kier molecular flexibility index (Phi) is 7.33. The van der Waals surface area contributed by atoms with Crippen molar-refractivity contribution in [2.24, 2.45) is 29.6 Å². The number of carbonyl (C=O) groups is 3. The number of anilines is 2. The minimum atomic E-state index is -4.73. The molecule has 3 heterocycles. The number of benzene rings is 3. The number of carbonyl (C=O) groups excluding carboxylic acids is 3. The van der Waals surface area contributed by atoms with Gasteiger partial charge < -0.3 is 15.0 Å². The number of halogens is 3. The fourth-order valence-electron chi connectivity index (χ4n) is 8.38. The Bertz CT molecular complexity index is 2030. The quantitative estimate of drug-likeness (QED) is 0.225. The molecule has 2 bridgehead atoms. The molecule has 2 aliphatic carbocycles. The SMILES string of the molecule is Cc1cccc(NC(=O)COc2ccc([C@H]3c4sc(=O)[nH]c4SC4C5CC(C6C(=O)N(c7ccccc7C(F)(F)F)C(=O)C56)C43)cc2)c1. The number of thioether (sulfide) groups is 1. The smallest absolute Gasteiger partial charge is 0.418 e. The van der Waals surface area contributed by atoms with Crippen molar-refractivity contribution >= 4 is 52.2 Å². The lowest BCUT2D eigenvalue weighted by molar-refractivity contribution is -0.137. The Labute approximate surface area is 280 Å². The highest BCUT2D eigenvalue weighted by molar-refractivity contribution is 8.00. The first-order valence-electron chi connectivity index (χ1n) is 15.5. The number of aromatic nitrogens is 1. The number of fused-ring (bicyclic) bond motifs is 9. The summed E-state index contributed by atoms with van der Waals surface area (Å²) in [6, 6.07) is 19.5.